The smallest absolute Gasteiger partial charge is 0.142 e. The van der Waals surface area contributed by atoms with Crippen LogP contribution in [0.2, 0.25) is 0 Å². The molecular weight excluding hydrogens is 244 g/mol. The Morgan fingerprint density at radius 2 is 1.15 bits per heavy atom. The van der Waals surface area contributed by atoms with Gasteiger partial charge in [-0.25, -0.2) is 0 Å². The third kappa shape index (κ3) is 4.60. The average Bonchev–Trinajstić information content (AvgIpc) is 2.11. The molecule has 0 heterocycles. The fourth-order valence-corrected chi connectivity index (χ4v) is 3.53. The summed E-state index contributed by atoms with van der Waals surface area (Å²) in [5.74, 6) is 1.43. The summed E-state index contributed by atoms with van der Waals surface area (Å²) in [4.78, 5) is 13.4. The fourth-order valence-electron chi connectivity index (χ4n) is 3.53. The topological polar surface area (TPSA) is 17.1 Å². The molecule has 0 spiro atoms. The second-order valence-electron chi connectivity index (χ2n) is 9.70. The molecule has 0 aromatic heterocycles. The molecule has 0 aliphatic carbocycles. The van der Waals surface area contributed by atoms with Crippen LogP contribution in [0.1, 0.15) is 82.6 Å². The molecule has 1 atom stereocenters. The number of carbonyl (C=O) groups is 1. The van der Waals surface area contributed by atoms with Crippen LogP contribution in [0.25, 0.3) is 0 Å². The second kappa shape index (κ2) is 6.20. The zero-order valence-electron chi connectivity index (χ0n) is 15.8. The molecule has 0 fully saturated rings. The van der Waals surface area contributed by atoms with Gasteiger partial charge in [-0.2, -0.15) is 0 Å². The molecule has 0 bridgehead atoms. The first-order valence-corrected chi connectivity index (χ1v) is 8.18. The standard InChI is InChI=1S/C19H38O/c1-13(2)15(14(3)4)16(20)19(11,18(8,9)10)12-17(5,6)7/h13-15H,12H2,1-11H3. The minimum atomic E-state index is -0.273. The lowest BCUT2D eigenvalue weighted by Gasteiger charge is -2.47. The zero-order chi connectivity index (χ0) is 16.5. The number of hydrogen-bond acceptors (Lipinski definition) is 1. The Kier molecular flexibility index (Phi) is 6.09. The van der Waals surface area contributed by atoms with Crippen LogP contribution in [0.5, 0.6) is 0 Å². The van der Waals surface area contributed by atoms with Crippen molar-refractivity contribution in [3.05, 3.63) is 0 Å². The maximum Gasteiger partial charge on any atom is 0.142 e. The summed E-state index contributed by atoms with van der Waals surface area (Å²) in [5.41, 5.74) is -0.125. The van der Waals surface area contributed by atoms with Gasteiger partial charge in [0.25, 0.3) is 0 Å². The highest BCUT2D eigenvalue weighted by atomic mass is 16.1. The number of carbonyl (C=O) groups excluding carboxylic acids is 1. The fraction of sp³-hybridized carbons (Fsp3) is 0.947. The highest BCUT2D eigenvalue weighted by molar-refractivity contribution is 5.88. The first kappa shape index (κ1) is 19.7. The lowest BCUT2D eigenvalue weighted by Crippen LogP contribution is -2.48. The summed E-state index contributed by atoms with van der Waals surface area (Å²) >= 11 is 0. The van der Waals surface area contributed by atoms with Crippen molar-refractivity contribution in [3.63, 3.8) is 0 Å². The highest BCUT2D eigenvalue weighted by Crippen LogP contribution is 2.50. The number of Topliss-reactive ketones (excluding diaryl/α,β-unsaturated/α-hetero) is 1. The van der Waals surface area contributed by atoms with Crippen LogP contribution >= 0.6 is 0 Å². The van der Waals surface area contributed by atoms with Gasteiger partial charge in [0.05, 0.1) is 0 Å². The molecule has 0 aliphatic heterocycles. The molecule has 0 aliphatic rings. The van der Waals surface area contributed by atoms with Gasteiger partial charge in [-0.15, -0.1) is 0 Å². The van der Waals surface area contributed by atoms with Crippen LogP contribution in [0.15, 0.2) is 0 Å². The highest BCUT2D eigenvalue weighted by Gasteiger charge is 2.49. The predicted molar refractivity (Wildman–Crippen MR) is 89.8 cm³/mol. The molecule has 0 amide bonds. The molecule has 120 valence electrons. The first-order valence-electron chi connectivity index (χ1n) is 8.18. The van der Waals surface area contributed by atoms with Crippen LogP contribution in [-0.2, 0) is 4.79 Å². The quantitative estimate of drug-likeness (QED) is 0.607. The molecular formula is C19H38O. The molecule has 20 heavy (non-hydrogen) atoms. The molecule has 0 N–H and O–H groups in total. The van der Waals surface area contributed by atoms with Crippen molar-refractivity contribution in [3.8, 4) is 0 Å². The normalized spacial score (nSPS) is 16.9. The van der Waals surface area contributed by atoms with Crippen LogP contribution in [0.4, 0.5) is 0 Å². The molecule has 0 radical (unpaired) electrons. The monoisotopic (exact) mass is 282 g/mol. The van der Waals surface area contributed by atoms with E-state index in [0.29, 0.717) is 17.6 Å². The van der Waals surface area contributed by atoms with E-state index in [4.69, 9.17) is 0 Å². The average molecular weight is 283 g/mol. The Morgan fingerprint density at radius 3 is 1.35 bits per heavy atom. The van der Waals surface area contributed by atoms with Crippen molar-refractivity contribution >= 4 is 5.78 Å². The molecule has 0 aromatic carbocycles. The summed E-state index contributed by atoms with van der Waals surface area (Å²) in [6.07, 6.45) is 0.943. The van der Waals surface area contributed by atoms with Gasteiger partial charge in [0.15, 0.2) is 0 Å². The largest absolute Gasteiger partial charge is 0.299 e. The maximum absolute atomic E-state index is 13.4. The van der Waals surface area contributed by atoms with Crippen molar-refractivity contribution in [1.29, 1.82) is 0 Å². The van der Waals surface area contributed by atoms with Gasteiger partial charge >= 0.3 is 0 Å². The molecule has 0 aromatic rings. The number of ketones is 1. The Morgan fingerprint density at radius 1 is 0.800 bits per heavy atom. The Bertz CT molecular complexity index is 317. The maximum atomic E-state index is 13.4. The third-order valence-electron chi connectivity index (χ3n) is 4.82. The molecule has 0 rings (SSSR count). The van der Waals surface area contributed by atoms with E-state index in [2.05, 4.69) is 76.2 Å². The van der Waals surface area contributed by atoms with Crippen molar-refractivity contribution < 1.29 is 4.79 Å². The van der Waals surface area contributed by atoms with E-state index < -0.39 is 0 Å². The molecule has 0 saturated heterocycles. The van der Waals surface area contributed by atoms with Gasteiger partial charge in [-0.1, -0.05) is 76.2 Å². The molecule has 1 nitrogen and oxygen atoms in total. The molecule has 1 heteroatoms. The van der Waals surface area contributed by atoms with Crippen molar-refractivity contribution in [2.45, 2.75) is 82.6 Å². The van der Waals surface area contributed by atoms with Gasteiger partial charge in [0.2, 0.25) is 0 Å². The van der Waals surface area contributed by atoms with Gasteiger partial charge < -0.3 is 0 Å². The molecule has 0 saturated carbocycles. The number of rotatable bonds is 5. The van der Waals surface area contributed by atoms with Gasteiger partial charge in [-0.05, 0) is 29.1 Å². The van der Waals surface area contributed by atoms with Crippen molar-refractivity contribution in [1.82, 2.24) is 0 Å². The first-order chi connectivity index (χ1) is 8.63. The van der Waals surface area contributed by atoms with Crippen LogP contribution in [-0.4, -0.2) is 5.78 Å². The van der Waals surface area contributed by atoms with E-state index in [1.165, 1.54) is 0 Å². The third-order valence-corrected chi connectivity index (χ3v) is 4.82. The van der Waals surface area contributed by atoms with Crippen molar-refractivity contribution in [2.75, 3.05) is 0 Å². The zero-order valence-corrected chi connectivity index (χ0v) is 15.8. The predicted octanol–water partition coefficient (Wildman–Crippen LogP) is 5.97. The Hall–Kier alpha value is -0.330. The summed E-state index contributed by atoms with van der Waals surface area (Å²) in [6.45, 7) is 24.3. The summed E-state index contributed by atoms with van der Waals surface area (Å²) < 4.78 is 0. The summed E-state index contributed by atoms with van der Waals surface area (Å²) in [6, 6.07) is 0. The van der Waals surface area contributed by atoms with E-state index in [1.54, 1.807) is 0 Å². The lowest BCUT2D eigenvalue weighted by molar-refractivity contribution is -0.144. The van der Waals surface area contributed by atoms with Gasteiger partial charge in [-0.3, -0.25) is 4.79 Å². The molecule has 1 unspecified atom stereocenters. The summed E-state index contributed by atoms with van der Waals surface area (Å²) in [7, 11) is 0. The lowest BCUT2D eigenvalue weighted by atomic mass is 9.56. The van der Waals surface area contributed by atoms with E-state index in [-0.39, 0.29) is 22.2 Å². The van der Waals surface area contributed by atoms with Crippen LogP contribution in [0.3, 0.4) is 0 Å². The van der Waals surface area contributed by atoms with Gasteiger partial charge in [0, 0.05) is 11.3 Å². The Balaban J connectivity index is 5.72. The van der Waals surface area contributed by atoms with E-state index in [1.807, 2.05) is 0 Å². The Labute approximate surface area is 127 Å². The van der Waals surface area contributed by atoms with Gasteiger partial charge in [0.1, 0.15) is 5.78 Å². The minimum Gasteiger partial charge on any atom is -0.299 e. The van der Waals surface area contributed by atoms with E-state index in [0.717, 1.165) is 6.42 Å². The SMILES string of the molecule is CC(C)C(C(=O)C(C)(CC(C)(C)C)C(C)(C)C)C(C)C. The van der Waals surface area contributed by atoms with Crippen LogP contribution < -0.4 is 0 Å². The minimum absolute atomic E-state index is 0.0145. The second-order valence-corrected chi connectivity index (χ2v) is 9.70. The van der Waals surface area contributed by atoms with E-state index >= 15 is 0 Å². The number of hydrogen-bond donors (Lipinski definition) is 0. The van der Waals surface area contributed by atoms with Crippen molar-refractivity contribution in [2.24, 2.45) is 34.0 Å². The van der Waals surface area contributed by atoms with E-state index in [9.17, 15) is 4.79 Å². The summed E-state index contributed by atoms with van der Waals surface area (Å²) in [5, 5.41) is 0. The van der Waals surface area contributed by atoms with Crippen LogP contribution in [0, 0.1) is 34.0 Å².